The molecule has 0 aliphatic rings. The Morgan fingerprint density at radius 2 is 2.00 bits per heavy atom. The number of hydrogen-bond acceptors (Lipinski definition) is 2. The van der Waals surface area contributed by atoms with Gasteiger partial charge in [-0.05, 0) is 18.6 Å². The van der Waals surface area contributed by atoms with Crippen LogP contribution in [-0.4, -0.2) is 5.11 Å². The number of hydrogen-bond donors (Lipinski definition) is 2. The highest BCUT2D eigenvalue weighted by Crippen LogP contribution is 2.17. The summed E-state index contributed by atoms with van der Waals surface area (Å²) in [5, 5.41) is 9.02. The van der Waals surface area contributed by atoms with Gasteiger partial charge in [-0.2, -0.15) is 0 Å². The van der Waals surface area contributed by atoms with Gasteiger partial charge in [-0.25, -0.2) is 0 Å². The number of nitrogen functional groups attached to an aromatic ring is 1. The summed E-state index contributed by atoms with van der Waals surface area (Å²) in [5.74, 6) is 0.259. The molecule has 0 aliphatic carbocycles. The molecule has 0 radical (unpaired) electrons. The van der Waals surface area contributed by atoms with Gasteiger partial charge in [0.1, 0.15) is 5.75 Å². The zero-order valence-electron chi connectivity index (χ0n) is 5.66. The highest BCUT2D eigenvalue weighted by molar-refractivity contribution is 5.85. The first-order valence-electron chi connectivity index (χ1n) is 2.75. The fourth-order valence-corrected chi connectivity index (χ4v) is 0.626. The molecule has 0 amide bonds. The van der Waals surface area contributed by atoms with Gasteiger partial charge in [0.25, 0.3) is 0 Å². The average molecular weight is 160 g/mol. The minimum atomic E-state index is 0. The number of nitrogens with two attached hydrogens (primary N) is 1. The molecule has 0 spiro atoms. The van der Waals surface area contributed by atoms with Crippen LogP contribution in [0.25, 0.3) is 0 Å². The van der Waals surface area contributed by atoms with Crippen LogP contribution < -0.4 is 5.73 Å². The number of phenolic OH excluding ortho intramolecular Hbond substituents is 1. The Hall–Kier alpha value is -0.890. The maximum Gasteiger partial charge on any atom is 0.120 e. The number of aryl methyl sites for hydroxylation is 1. The van der Waals surface area contributed by atoms with E-state index in [9.17, 15) is 0 Å². The van der Waals surface area contributed by atoms with Crippen molar-refractivity contribution in [2.45, 2.75) is 6.92 Å². The first-order valence-corrected chi connectivity index (χ1v) is 2.75. The van der Waals surface area contributed by atoms with Gasteiger partial charge >= 0.3 is 0 Å². The monoisotopic (exact) mass is 159 g/mol. The van der Waals surface area contributed by atoms with E-state index in [1.54, 1.807) is 12.1 Å². The molecule has 56 valence electrons. The molecule has 0 aromatic heterocycles. The molecule has 0 fully saturated rings. The van der Waals surface area contributed by atoms with Crippen LogP contribution in [0.3, 0.4) is 0 Å². The summed E-state index contributed by atoms with van der Waals surface area (Å²) in [6.45, 7) is 1.83. The van der Waals surface area contributed by atoms with E-state index in [1.165, 1.54) is 6.07 Å². The van der Waals surface area contributed by atoms with Crippen molar-refractivity contribution < 1.29 is 5.11 Å². The van der Waals surface area contributed by atoms with Crippen molar-refractivity contribution >= 4 is 18.1 Å². The quantitative estimate of drug-likeness (QED) is 0.566. The lowest BCUT2D eigenvalue weighted by molar-refractivity contribution is 0.471. The molecule has 0 unspecified atom stereocenters. The summed E-state index contributed by atoms with van der Waals surface area (Å²) in [5.41, 5.74) is 6.81. The topological polar surface area (TPSA) is 46.2 Å². The van der Waals surface area contributed by atoms with Gasteiger partial charge in [-0.15, -0.1) is 12.4 Å². The van der Waals surface area contributed by atoms with Crippen molar-refractivity contribution in [1.82, 2.24) is 0 Å². The molecule has 0 bridgehead atoms. The molecule has 3 heteroatoms. The molecule has 1 rings (SSSR count). The first-order chi connectivity index (χ1) is 4.20. The SMILES string of the molecule is Cc1ccc(N)cc1O.Cl. The van der Waals surface area contributed by atoms with Crippen LogP contribution in [0.4, 0.5) is 5.69 Å². The first kappa shape index (κ1) is 9.11. The summed E-state index contributed by atoms with van der Waals surface area (Å²) >= 11 is 0. The van der Waals surface area contributed by atoms with Crippen LogP contribution in [0.5, 0.6) is 5.75 Å². The highest BCUT2D eigenvalue weighted by Gasteiger charge is 1.92. The second kappa shape index (κ2) is 3.32. The lowest BCUT2D eigenvalue weighted by atomic mass is 10.2. The predicted octanol–water partition coefficient (Wildman–Crippen LogP) is 1.70. The van der Waals surface area contributed by atoms with E-state index in [2.05, 4.69) is 0 Å². The fourth-order valence-electron chi connectivity index (χ4n) is 0.626. The molecule has 0 heterocycles. The minimum Gasteiger partial charge on any atom is -0.508 e. The number of benzene rings is 1. The van der Waals surface area contributed by atoms with Crippen molar-refractivity contribution in [3.63, 3.8) is 0 Å². The maximum atomic E-state index is 9.02. The Balaban J connectivity index is 0.000000810. The molecule has 0 saturated carbocycles. The zero-order valence-corrected chi connectivity index (χ0v) is 6.48. The van der Waals surface area contributed by atoms with Gasteiger partial charge in [0, 0.05) is 11.8 Å². The third-order valence-corrected chi connectivity index (χ3v) is 1.23. The summed E-state index contributed by atoms with van der Waals surface area (Å²) < 4.78 is 0. The molecular formula is C7H10ClNO. The van der Waals surface area contributed by atoms with E-state index < -0.39 is 0 Å². The van der Waals surface area contributed by atoms with Crippen LogP contribution in [0, 0.1) is 6.92 Å². The second-order valence-electron chi connectivity index (χ2n) is 2.05. The fraction of sp³-hybridized carbons (Fsp3) is 0.143. The number of rotatable bonds is 0. The Bertz CT molecular complexity index is 225. The number of phenols is 1. The molecule has 0 aliphatic heterocycles. The smallest absolute Gasteiger partial charge is 0.120 e. The van der Waals surface area contributed by atoms with E-state index in [1.807, 2.05) is 6.92 Å². The van der Waals surface area contributed by atoms with E-state index in [4.69, 9.17) is 10.8 Å². The normalized spacial score (nSPS) is 8.50. The standard InChI is InChI=1S/C7H9NO.ClH/c1-5-2-3-6(8)4-7(5)9;/h2-4,9H,8H2,1H3;1H. The highest BCUT2D eigenvalue weighted by atomic mass is 35.5. The van der Waals surface area contributed by atoms with Gasteiger partial charge in [-0.3, -0.25) is 0 Å². The van der Waals surface area contributed by atoms with Crippen LogP contribution in [0.15, 0.2) is 18.2 Å². The third-order valence-electron chi connectivity index (χ3n) is 1.23. The van der Waals surface area contributed by atoms with Crippen LogP contribution in [0.2, 0.25) is 0 Å². The van der Waals surface area contributed by atoms with Gasteiger partial charge in [0.2, 0.25) is 0 Å². The van der Waals surface area contributed by atoms with Crippen molar-refractivity contribution in [1.29, 1.82) is 0 Å². The maximum absolute atomic E-state index is 9.02. The largest absolute Gasteiger partial charge is 0.508 e. The number of halogens is 1. The lowest BCUT2D eigenvalue weighted by Crippen LogP contribution is -1.83. The number of aromatic hydroxyl groups is 1. The van der Waals surface area contributed by atoms with Gasteiger partial charge < -0.3 is 10.8 Å². The molecule has 2 nitrogen and oxygen atoms in total. The molecule has 1 aromatic rings. The summed E-state index contributed by atoms with van der Waals surface area (Å²) in [6, 6.07) is 5.08. The van der Waals surface area contributed by atoms with Crippen molar-refractivity contribution in [2.75, 3.05) is 5.73 Å². The molecule has 1 aromatic carbocycles. The molecular weight excluding hydrogens is 150 g/mol. The van der Waals surface area contributed by atoms with Crippen molar-refractivity contribution in [3.8, 4) is 5.75 Å². The van der Waals surface area contributed by atoms with Crippen LogP contribution in [-0.2, 0) is 0 Å². The molecule has 3 N–H and O–H groups in total. The zero-order chi connectivity index (χ0) is 6.85. The predicted molar refractivity (Wildman–Crippen MR) is 44.5 cm³/mol. The minimum absolute atomic E-state index is 0. The summed E-state index contributed by atoms with van der Waals surface area (Å²) in [7, 11) is 0. The van der Waals surface area contributed by atoms with E-state index in [0.717, 1.165) is 5.56 Å². The summed E-state index contributed by atoms with van der Waals surface area (Å²) in [6.07, 6.45) is 0. The number of anilines is 1. The van der Waals surface area contributed by atoms with Crippen molar-refractivity contribution in [3.05, 3.63) is 23.8 Å². The Kier molecular flexibility index (Phi) is 3.03. The average Bonchev–Trinajstić information content (AvgIpc) is 1.80. The van der Waals surface area contributed by atoms with Gasteiger partial charge in [-0.1, -0.05) is 6.07 Å². The Labute approximate surface area is 66.1 Å². The van der Waals surface area contributed by atoms with Gasteiger partial charge in [0.05, 0.1) is 0 Å². The third kappa shape index (κ3) is 1.81. The van der Waals surface area contributed by atoms with Crippen molar-refractivity contribution in [2.24, 2.45) is 0 Å². The Morgan fingerprint density at radius 3 is 2.40 bits per heavy atom. The van der Waals surface area contributed by atoms with Crippen LogP contribution >= 0.6 is 12.4 Å². The molecule has 0 saturated heterocycles. The second-order valence-corrected chi connectivity index (χ2v) is 2.05. The Morgan fingerprint density at radius 1 is 1.40 bits per heavy atom. The van der Waals surface area contributed by atoms with E-state index >= 15 is 0 Å². The lowest BCUT2D eigenvalue weighted by Gasteiger charge is -1.97. The molecule has 0 atom stereocenters. The molecule has 10 heavy (non-hydrogen) atoms. The van der Waals surface area contributed by atoms with E-state index in [0.29, 0.717) is 5.69 Å². The van der Waals surface area contributed by atoms with Crippen LogP contribution in [0.1, 0.15) is 5.56 Å². The van der Waals surface area contributed by atoms with E-state index in [-0.39, 0.29) is 18.2 Å². The van der Waals surface area contributed by atoms with Gasteiger partial charge in [0.15, 0.2) is 0 Å². The summed E-state index contributed by atoms with van der Waals surface area (Å²) in [4.78, 5) is 0.